The van der Waals surface area contributed by atoms with Crippen molar-refractivity contribution >= 4 is 22.8 Å². The van der Waals surface area contributed by atoms with Crippen LogP contribution in [0.1, 0.15) is 0 Å². The van der Waals surface area contributed by atoms with E-state index in [0.29, 0.717) is 11.3 Å². The highest BCUT2D eigenvalue weighted by Crippen LogP contribution is 2.25. The maximum atomic E-state index is 13.2. The zero-order valence-electron chi connectivity index (χ0n) is 9.57. The molecule has 0 spiro atoms. The van der Waals surface area contributed by atoms with Crippen LogP contribution in [0.4, 0.5) is 16.0 Å². The van der Waals surface area contributed by atoms with Crippen molar-refractivity contribution in [3.8, 4) is 11.4 Å². The van der Waals surface area contributed by atoms with E-state index >= 15 is 0 Å². The third kappa shape index (κ3) is 1.79. The van der Waals surface area contributed by atoms with E-state index < -0.39 is 11.4 Å². The van der Waals surface area contributed by atoms with Gasteiger partial charge in [0.1, 0.15) is 11.6 Å². The average Bonchev–Trinajstić information content (AvgIpc) is 2.76. The summed E-state index contributed by atoms with van der Waals surface area (Å²) in [6, 6.07) is 3.89. The quantitative estimate of drug-likeness (QED) is 0.477. The van der Waals surface area contributed by atoms with E-state index in [0.717, 1.165) is 0 Å². The largest absolute Gasteiger partial charge is 0.398 e. The standard InChI is InChI=1S/C11H9FN6O/c12-4-1-2-6(13)5(3-4)8-15-7-9(16-8)17-11(14)18-10(7)19/h1-3H,13H2,(H4,14,15,16,17,18,19). The van der Waals surface area contributed by atoms with Gasteiger partial charge in [-0.3, -0.25) is 9.78 Å². The van der Waals surface area contributed by atoms with Crippen LogP contribution in [0.25, 0.3) is 22.6 Å². The van der Waals surface area contributed by atoms with Gasteiger partial charge in [-0.05, 0) is 18.2 Å². The van der Waals surface area contributed by atoms with Crippen molar-refractivity contribution < 1.29 is 4.39 Å². The Bertz CT molecular complexity index is 837. The van der Waals surface area contributed by atoms with Gasteiger partial charge in [0.25, 0.3) is 5.56 Å². The van der Waals surface area contributed by atoms with Crippen LogP contribution < -0.4 is 17.0 Å². The Hall–Kier alpha value is -2.90. The van der Waals surface area contributed by atoms with Gasteiger partial charge in [-0.2, -0.15) is 4.98 Å². The van der Waals surface area contributed by atoms with Crippen molar-refractivity contribution in [3.05, 3.63) is 34.4 Å². The summed E-state index contributed by atoms with van der Waals surface area (Å²) in [5.74, 6) is -0.232. The van der Waals surface area contributed by atoms with Crippen LogP contribution in [-0.4, -0.2) is 19.9 Å². The number of hydrogen-bond donors (Lipinski definition) is 4. The molecule has 0 aliphatic heterocycles. The number of aromatic nitrogens is 4. The maximum Gasteiger partial charge on any atom is 0.278 e. The highest BCUT2D eigenvalue weighted by atomic mass is 19.1. The van der Waals surface area contributed by atoms with E-state index in [2.05, 4.69) is 19.9 Å². The second kappa shape index (κ2) is 3.80. The minimum Gasteiger partial charge on any atom is -0.398 e. The van der Waals surface area contributed by atoms with Gasteiger partial charge in [-0.1, -0.05) is 0 Å². The molecule has 8 heteroatoms. The lowest BCUT2D eigenvalue weighted by molar-refractivity contribution is 0.628. The van der Waals surface area contributed by atoms with E-state index in [4.69, 9.17) is 11.5 Å². The minimum atomic E-state index is -0.453. The van der Waals surface area contributed by atoms with Gasteiger partial charge in [0.2, 0.25) is 5.95 Å². The van der Waals surface area contributed by atoms with Crippen molar-refractivity contribution in [2.75, 3.05) is 11.5 Å². The first kappa shape index (κ1) is 11.2. The molecule has 0 aliphatic rings. The van der Waals surface area contributed by atoms with E-state index in [9.17, 15) is 9.18 Å². The van der Waals surface area contributed by atoms with E-state index in [1.807, 2.05) is 0 Å². The molecule has 6 N–H and O–H groups in total. The van der Waals surface area contributed by atoms with Gasteiger partial charge < -0.3 is 16.5 Å². The lowest BCUT2D eigenvalue weighted by Crippen LogP contribution is -2.10. The Labute approximate surface area is 105 Å². The molecule has 0 amide bonds. The fourth-order valence-corrected chi connectivity index (χ4v) is 1.79. The molecule has 2 aromatic heterocycles. The molecule has 0 unspecified atom stereocenters. The SMILES string of the molecule is Nc1nc2nc(-c3cc(F)ccc3N)[nH]c2c(=O)[nH]1. The fourth-order valence-electron chi connectivity index (χ4n) is 1.79. The van der Waals surface area contributed by atoms with Crippen LogP contribution >= 0.6 is 0 Å². The number of nitrogens with one attached hydrogen (secondary N) is 2. The third-order valence-corrected chi connectivity index (χ3v) is 2.65. The Kier molecular flexibility index (Phi) is 2.24. The van der Waals surface area contributed by atoms with Crippen LogP contribution in [0, 0.1) is 5.82 Å². The van der Waals surface area contributed by atoms with Crippen LogP contribution in [0.2, 0.25) is 0 Å². The predicted octanol–water partition coefficient (Wildman–Crippen LogP) is 0.617. The number of nitrogens with two attached hydrogens (primary N) is 2. The molecule has 3 aromatic rings. The second-order valence-electron chi connectivity index (χ2n) is 3.97. The lowest BCUT2D eigenvalue weighted by Gasteiger charge is -2.01. The molecule has 1 aromatic carbocycles. The van der Waals surface area contributed by atoms with Crippen molar-refractivity contribution in [2.24, 2.45) is 0 Å². The van der Waals surface area contributed by atoms with Gasteiger partial charge in [-0.15, -0.1) is 0 Å². The summed E-state index contributed by atoms with van der Waals surface area (Å²) < 4.78 is 13.2. The molecule has 0 aliphatic carbocycles. The Morgan fingerprint density at radius 3 is 2.74 bits per heavy atom. The van der Waals surface area contributed by atoms with Crippen LogP contribution in [0.3, 0.4) is 0 Å². The molecule has 7 nitrogen and oxygen atoms in total. The summed E-state index contributed by atoms with van der Waals surface area (Å²) in [6.07, 6.45) is 0. The number of halogens is 1. The van der Waals surface area contributed by atoms with Gasteiger partial charge in [-0.25, -0.2) is 9.37 Å². The number of rotatable bonds is 1. The van der Waals surface area contributed by atoms with Gasteiger partial charge in [0, 0.05) is 11.3 Å². The molecular formula is C11H9FN6O. The minimum absolute atomic E-state index is 0.0391. The first-order chi connectivity index (χ1) is 9.04. The molecular weight excluding hydrogens is 251 g/mol. The van der Waals surface area contributed by atoms with E-state index in [1.54, 1.807) is 0 Å². The fraction of sp³-hybridized carbons (Fsp3) is 0. The molecule has 96 valence electrons. The van der Waals surface area contributed by atoms with Gasteiger partial charge in [0.05, 0.1) is 0 Å². The number of anilines is 2. The van der Waals surface area contributed by atoms with E-state index in [-0.39, 0.29) is 22.9 Å². The first-order valence-electron chi connectivity index (χ1n) is 5.35. The zero-order valence-corrected chi connectivity index (χ0v) is 9.57. The monoisotopic (exact) mass is 260 g/mol. The summed E-state index contributed by atoms with van der Waals surface area (Å²) in [5.41, 5.74) is 11.7. The van der Waals surface area contributed by atoms with Gasteiger partial charge >= 0.3 is 0 Å². The van der Waals surface area contributed by atoms with E-state index in [1.165, 1.54) is 18.2 Å². The number of nitrogen functional groups attached to an aromatic ring is 2. The number of nitrogens with zero attached hydrogens (tertiary/aromatic N) is 2. The molecule has 0 atom stereocenters. The molecule has 0 fully saturated rings. The summed E-state index contributed by atoms with van der Waals surface area (Å²) >= 11 is 0. The number of benzene rings is 1. The smallest absolute Gasteiger partial charge is 0.278 e. The highest BCUT2D eigenvalue weighted by Gasteiger charge is 2.12. The average molecular weight is 260 g/mol. The molecule has 19 heavy (non-hydrogen) atoms. The first-order valence-corrected chi connectivity index (χ1v) is 5.35. The molecule has 3 rings (SSSR count). The summed E-state index contributed by atoms with van der Waals surface area (Å²) in [6.45, 7) is 0. The number of imidazole rings is 1. The topological polar surface area (TPSA) is 126 Å². The molecule has 0 radical (unpaired) electrons. The number of fused-ring (bicyclic) bond motifs is 1. The van der Waals surface area contributed by atoms with Crippen molar-refractivity contribution in [1.82, 2.24) is 19.9 Å². The summed E-state index contributed by atoms with van der Waals surface area (Å²) in [7, 11) is 0. The second-order valence-corrected chi connectivity index (χ2v) is 3.97. The van der Waals surface area contributed by atoms with Crippen LogP contribution in [0.5, 0.6) is 0 Å². The Morgan fingerprint density at radius 1 is 1.16 bits per heavy atom. The maximum absolute atomic E-state index is 13.2. The van der Waals surface area contributed by atoms with Crippen LogP contribution in [0.15, 0.2) is 23.0 Å². The Morgan fingerprint density at radius 2 is 1.95 bits per heavy atom. The van der Waals surface area contributed by atoms with Crippen LogP contribution in [-0.2, 0) is 0 Å². The third-order valence-electron chi connectivity index (χ3n) is 2.65. The predicted molar refractivity (Wildman–Crippen MR) is 68.7 cm³/mol. The zero-order chi connectivity index (χ0) is 13.6. The number of hydrogen-bond acceptors (Lipinski definition) is 5. The Balaban J connectivity index is 2.29. The summed E-state index contributed by atoms with van der Waals surface area (Å²) in [4.78, 5) is 24.7. The number of aromatic amines is 2. The molecule has 0 saturated heterocycles. The van der Waals surface area contributed by atoms with Gasteiger partial charge in [0.15, 0.2) is 11.2 Å². The highest BCUT2D eigenvalue weighted by molar-refractivity contribution is 5.80. The van der Waals surface area contributed by atoms with Crippen molar-refractivity contribution in [1.29, 1.82) is 0 Å². The molecule has 2 heterocycles. The van der Waals surface area contributed by atoms with Crippen molar-refractivity contribution in [3.63, 3.8) is 0 Å². The lowest BCUT2D eigenvalue weighted by atomic mass is 10.1. The number of H-pyrrole nitrogens is 2. The molecule has 0 bridgehead atoms. The summed E-state index contributed by atoms with van der Waals surface area (Å²) in [5, 5.41) is 0. The van der Waals surface area contributed by atoms with Crippen molar-refractivity contribution in [2.45, 2.75) is 0 Å². The molecule has 0 saturated carbocycles. The normalized spacial score (nSPS) is 11.0.